The third-order valence-corrected chi connectivity index (χ3v) is 7.56. The Morgan fingerprint density at radius 3 is 2.65 bits per heavy atom. The molecule has 0 spiro atoms. The fourth-order valence-corrected chi connectivity index (χ4v) is 5.33. The van der Waals surface area contributed by atoms with Crippen LogP contribution in [0, 0.1) is 0 Å². The number of hydrogen-bond acceptors (Lipinski definition) is 10. The molecule has 0 aliphatic heterocycles. The molecule has 0 radical (unpaired) electrons. The van der Waals surface area contributed by atoms with E-state index in [9.17, 15) is 13.2 Å². The van der Waals surface area contributed by atoms with E-state index in [-0.39, 0.29) is 21.7 Å². The maximum atomic E-state index is 12.4. The first-order valence-corrected chi connectivity index (χ1v) is 13.0. The highest BCUT2D eigenvalue weighted by Gasteiger charge is 2.18. The number of amides is 1. The Labute approximate surface area is 203 Å². The summed E-state index contributed by atoms with van der Waals surface area (Å²) in [6.45, 7) is 0. The predicted octanol–water partition coefficient (Wildman–Crippen LogP) is 2.66. The van der Waals surface area contributed by atoms with Crippen LogP contribution in [-0.4, -0.2) is 47.0 Å². The average Bonchev–Trinajstić information content (AvgIpc) is 3.47. The number of benzene rings is 2. The molecule has 0 unspecified atom stereocenters. The number of thiazole rings is 1. The first-order chi connectivity index (χ1) is 16.4. The molecule has 0 saturated heterocycles. The molecule has 1 amide bonds. The summed E-state index contributed by atoms with van der Waals surface area (Å²) < 4.78 is 33.8. The summed E-state index contributed by atoms with van der Waals surface area (Å²) in [7, 11) is -2.21. The lowest BCUT2D eigenvalue weighted by Crippen LogP contribution is -2.17. The van der Waals surface area contributed by atoms with Crippen molar-refractivity contribution in [3.05, 3.63) is 60.1 Å². The summed E-state index contributed by atoms with van der Waals surface area (Å²) >= 11 is 2.29. The van der Waals surface area contributed by atoms with E-state index in [0.717, 1.165) is 11.8 Å². The molecule has 176 valence electrons. The predicted molar refractivity (Wildman–Crippen MR) is 131 cm³/mol. The molecule has 0 aliphatic rings. The fourth-order valence-electron chi connectivity index (χ4n) is 2.88. The lowest BCUT2D eigenvalue weighted by Gasteiger charge is -2.09. The number of carbonyl (C=O) groups is 1. The van der Waals surface area contributed by atoms with Crippen LogP contribution in [-0.2, 0) is 14.8 Å². The van der Waals surface area contributed by atoms with Gasteiger partial charge in [0.05, 0.1) is 23.3 Å². The molecule has 34 heavy (non-hydrogen) atoms. The number of hydrogen-bond donors (Lipinski definition) is 3. The second kappa shape index (κ2) is 10.1. The van der Waals surface area contributed by atoms with Gasteiger partial charge in [0.15, 0.2) is 11.0 Å². The molecular weight excluding hydrogens is 498 g/mol. The SMILES string of the molecule is COc1ccccc1-c1nnc(SCC(=O)Nc2ccc(S(=O)(=O)Nc3nccs3)cc2)n1N. The van der Waals surface area contributed by atoms with Gasteiger partial charge in [-0.25, -0.2) is 18.1 Å². The largest absolute Gasteiger partial charge is 0.496 e. The van der Waals surface area contributed by atoms with Gasteiger partial charge in [-0.2, -0.15) is 0 Å². The molecule has 2 heterocycles. The molecule has 0 atom stereocenters. The van der Waals surface area contributed by atoms with Crippen LogP contribution in [0.15, 0.2) is 70.2 Å². The van der Waals surface area contributed by atoms with E-state index in [1.807, 2.05) is 18.2 Å². The van der Waals surface area contributed by atoms with Crippen LogP contribution in [0.25, 0.3) is 11.4 Å². The third-order valence-electron chi connectivity index (χ3n) is 4.45. The zero-order valence-electron chi connectivity index (χ0n) is 17.7. The summed E-state index contributed by atoms with van der Waals surface area (Å²) in [5.74, 6) is 6.83. The van der Waals surface area contributed by atoms with Crippen molar-refractivity contribution in [2.75, 3.05) is 28.7 Å². The fraction of sp³-hybridized carbons (Fsp3) is 0.100. The molecule has 4 rings (SSSR count). The summed E-state index contributed by atoms with van der Waals surface area (Å²) in [6, 6.07) is 13.1. The van der Waals surface area contributed by atoms with E-state index in [4.69, 9.17) is 10.6 Å². The first-order valence-electron chi connectivity index (χ1n) is 9.66. The summed E-state index contributed by atoms with van der Waals surface area (Å²) in [5, 5.41) is 13.2. The molecule has 0 aliphatic carbocycles. The Hall–Kier alpha value is -3.62. The number of nitrogens with zero attached hydrogens (tertiary/aromatic N) is 4. The number of para-hydroxylation sites is 1. The maximum absolute atomic E-state index is 12.4. The Morgan fingerprint density at radius 2 is 1.94 bits per heavy atom. The lowest BCUT2D eigenvalue weighted by atomic mass is 10.2. The van der Waals surface area contributed by atoms with Crippen molar-refractivity contribution >= 4 is 49.8 Å². The number of carbonyl (C=O) groups excluding carboxylic acids is 1. The van der Waals surface area contributed by atoms with Gasteiger partial charge in [0.2, 0.25) is 11.1 Å². The highest BCUT2D eigenvalue weighted by Crippen LogP contribution is 2.29. The van der Waals surface area contributed by atoms with Crippen LogP contribution in [0.3, 0.4) is 0 Å². The molecule has 2 aromatic heterocycles. The van der Waals surface area contributed by atoms with Crippen LogP contribution < -0.4 is 20.6 Å². The van der Waals surface area contributed by atoms with E-state index < -0.39 is 10.0 Å². The van der Waals surface area contributed by atoms with Crippen LogP contribution >= 0.6 is 23.1 Å². The minimum Gasteiger partial charge on any atom is -0.496 e. The van der Waals surface area contributed by atoms with E-state index in [1.165, 1.54) is 46.5 Å². The third kappa shape index (κ3) is 5.30. The Bertz CT molecular complexity index is 1390. The van der Waals surface area contributed by atoms with Gasteiger partial charge in [-0.1, -0.05) is 23.9 Å². The van der Waals surface area contributed by atoms with Gasteiger partial charge in [-0.3, -0.25) is 9.52 Å². The zero-order chi connectivity index (χ0) is 24.1. The number of ether oxygens (including phenoxy) is 1. The van der Waals surface area contributed by atoms with Crippen LogP contribution in [0.4, 0.5) is 10.8 Å². The number of sulfonamides is 1. The Kier molecular flexibility index (Phi) is 7.00. The first kappa shape index (κ1) is 23.5. The minimum atomic E-state index is -3.76. The highest BCUT2D eigenvalue weighted by molar-refractivity contribution is 7.99. The van der Waals surface area contributed by atoms with Crippen LogP contribution in [0.2, 0.25) is 0 Å². The van der Waals surface area contributed by atoms with Gasteiger partial charge in [-0.15, -0.1) is 21.5 Å². The van der Waals surface area contributed by atoms with Crippen molar-refractivity contribution in [3.63, 3.8) is 0 Å². The van der Waals surface area contributed by atoms with Gasteiger partial charge in [0.1, 0.15) is 5.75 Å². The maximum Gasteiger partial charge on any atom is 0.263 e. The van der Waals surface area contributed by atoms with E-state index in [2.05, 4.69) is 25.2 Å². The monoisotopic (exact) mass is 517 g/mol. The number of thioether (sulfide) groups is 1. The number of aromatic nitrogens is 4. The number of nitrogens with two attached hydrogens (primary N) is 1. The van der Waals surface area contributed by atoms with Crippen molar-refractivity contribution < 1.29 is 17.9 Å². The van der Waals surface area contributed by atoms with Gasteiger partial charge < -0.3 is 15.9 Å². The molecule has 14 heteroatoms. The van der Waals surface area contributed by atoms with Gasteiger partial charge in [0, 0.05) is 17.3 Å². The standard InChI is InChI=1S/C20H19N7O4S3/c1-31-16-5-3-2-4-15(16)18-24-25-20(27(18)21)33-12-17(28)23-13-6-8-14(9-7-13)34(29,30)26-19-22-10-11-32-19/h2-11H,12,21H2,1H3,(H,22,26)(H,23,28). The second-order valence-corrected chi connectivity index (χ2v) is 10.2. The van der Waals surface area contributed by atoms with Crippen molar-refractivity contribution in [3.8, 4) is 17.1 Å². The topological polar surface area (TPSA) is 154 Å². The zero-order valence-corrected chi connectivity index (χ0v) is 20.2. The van der Waals surface area contributed by atoms with E-state index in [1.54, 1.807) is 18.6 Å². The minimum absolute atomic E-state index is 0.0207. The highest BCUT2D eigenvalue weighted by atomic mass is 32.2. The number of rotatable bonds is 9. The van der Waals surface area contributed by atoms with Crippen LogP contribution in [0.1, 0.15) is 0 Å². The summed E-state index contributed by atoms with van der Waals surface area (Å²) in [5.41, 5.74) is 1.12. The number of nitrogens with one attached hydrogen (secondary N) is 2. The number of anilines is 2. The normalized spacial score (nSPS) is 11.2. The quantitative estimate of drug-likeness (QED) is 0.224. The summed E-state index contributed by atoms with van der Waals surface area (Å²) in [6.07, 6.45) is 1.51. The molecule has 4 aromatic rings. The van der Waals surface area contributed by atoms with Crippen molar-refractivity contribution in [1.82, 2.24) is 19.9 Å². The lowest BCUT2D eigenvalue weighted by molar-refractivity contribution is -0.113. The number of nitrogen functional groups attached to an aromatic ring is 1. The Balaban J connectivity index is 1.36. The van der Waals surface area contributed by atoms with Crippen molar-refractivity contribution in [2.24, 2.45) is 0 Å². The summed E-state index contributed by atoms with van der Waals surface area (Å²) in [4.78, 5) is 16.3. The van der Waals surface area contributed by atoms with Crippen LogP contribution in [0.5, 0.6) is 5.75 Å². The second-order valence-electron chi connectivity index (χ2n) is 6.68. The smallest absolute Gasteiger partial charge is 0.263 e. The molecule has 2 aromatic carbocycles. The van der Waals surface area contributed by atoms with E-state index in [0.29, 0.717) is 28.0 Å². The van der Waals surface area contributed by atoms with Crippen molar-refractivity contribution in [2.45, 2.75) is 10.1 Å². The van der Waals surface area contributed by atoms with E-state index >= 15 is 0 Å². The van der Waals surface area contributed by atoms with Gasteiger partial charge in [-0.05, 0) is 36.4 Å². The Morgan fingerprint density at radius 1 is 1.18 bits per heavy atom. The number of methoxy groups -OCH3 is 1. The molecule has 0 fully saturated rings. The van der Waals surface area contributed by atoms with Gasteiger partial charge >= 0.3 is 0 Å². The molecule has 11 nitrogen and oxygen atoms in total. The molecule has 0 saturated carbocycles. The molecular formula is C20H19N7O4S3. The van der Waals surface area contributed by atoms with Crippen molar-refractivity contribution in [1.29, 1.82) is 0 Å². The molecule has 0 bridgehead atoms. The molecule has 4 N–H and O–H groups in total. The average molecular weight is 518 g/mol. The van der Waals surface area contributed by atoms with Gasteiger partial charge in [0.25, 0.3) is 10.0 Å².